The number of anilines is 1. The Hall–Kier alpha value is -1.44. The van der Waals surface area contributed by atoms with Crippen LogP contribution >= 0.6 is 11.6 Å². The normalized spacial score (nSPS) is 11.2. The molecule has 0 atom stereocenters. The van der Waals surface area contributed by atoms with Crippen LogP contribution in [0.3, 0.4) is 0 Å². The lowest BCUT2D eigenvalue weighted by Crippen LogP contribution is -2.15. The molecule has 6 nitrogen and oxygen atoms in total. The van der Waals surface area contributed by atoms with Crippen molar-refractivity contribution in [2.45, 2.75) is 25.2 Å². The molecule has 0 aliphatic rings. The van der Waals surface area contributed by atoms with Crippen molar-refractivity contribution in [1.29, 1.82) is 0 Å². The fourth-order valence-electron chi connectivity index (χ4n) is 1.41. The molecule has 0 aliphatic heterocycles. The summed E-state index contributed by atoms with van der Waals surface area (Å²) in [6.45, 7) is 2.81. The van der Waals surface area contributed by atoms with Crippen LogP contribution in [0.4, 0.5) is 5.69 Å². The SMILES string of the molecule is CC(=O)CC(=O)Nc1cc(Cl)c(S(=O)(=O)O)cc1C. The molecule has 19 heavy (non-hydrogen) atoms. The minimum atomic E-state index is -4.42. The Balaban J connectivity index is 3.10. The lowest BCUT2D eigenvalue weighted by atomic mass is 10.2. The van der Waals surface area contributed by atoms with E-state index in [1.807, 2.05) is 0 Å². The highest BCUT2D eigenvalue weighted by Crippen LogP contribution is 2.28. The van der Waals surface area contributed by atoms with Crippen molar-refractivity contribution in [1.82, 2.24) is 0 Å². The maximum atomic E-state index is 11.4. The fraction of sp³-hybridized carbons (Fsp3) is 0.273. The van der Waals surface area contributed by atoms with Crippen molar-refractivity contribution in [2.75, 3.05) is 5.32 Å². The Labute approximate surface area is 115 Å². The van der Waals surface area contributed by atoms with Gasteiger partial charge >= 0.3 is 0 Å². The number of hydrogen-bond acceptors (Lipinski definition) is 4. The average molecular weight is 306 g/mol. The Morgan fingerprint density at radius 3 is 2.42 bits per heavy atom. The van der Waals surface area contributed by atoms with Crippen molar-refractivity contribution in [3.05, 3.63) is 22.7 Å². The number of hydrogen-bond donors (Lipinski definition) is 2. The molecule has 0 unspecified atom stereocenters. The quantitative estimate of drug-likeness (QED) is 0.652. The van der Waals surface area contributed by atoms with E-state index >= 15 is 0 Å². The largest absolute Gasteiger partial charge is 0.325 e. The minimum Gasteiger partial charge on any atom is -0.325 e. The molecular weight excluding hydrogens is 294 g/mol. The van der Waals surface area contributed by atoms with E-state index in [1.165, 1.54) is 19.9 Å². The highest BCUT2D eigenvalue weighted by Gasteiger charge is 2.17. The van der Waals surface area contributed by atoms with Crippen molar-refractivity contribution < 1.29 is 22.6 Å². The van der Waals surface area contributed by atoms with Crippen LogP contribution in [-0.4, -0.2) is 24.7 Å². The fourth-order valence-corrected chi connectivity index (χ4v) is 2.50. The monoisotopic (exact) mass is 305 g/mol. The number of Topliss-reactive ketones (excluding diaryl/α,β-unsaturated/α-hetero) is 1. The summed E-state index contributed by atoms with van der Waals surface area (Å²) in [5, 5.41) is 2.22. The molecule has 1 aromatic carbocycles. The van der Waals surface area contributed by atoms with Crippen LogP contribution in [0.1, 0.15) is 18.9 Å². The summed E-state index contributed by atoms with van der Waals surface area (Å²) < 4.78 is 31.0. The number of carbonyl (C=O) groups is 2. The zero-order valence-corrected chi connectivity index (χ0v) is 11.8. The minimum absolute atomic E-state index is 0.216. The molecule has 0 fully saturated rings. The summed E-state index contributed by atoms with van der Waals surface area (Å²) in [4.78, 5) is 21.8. The third-order valence-electron chi connectivity index (χ3n) is 2.24. The van der Waals surface area contributed by atoms with Gasteiger partial charge in [-0.05, 0) is 31.5 Å². The molecule has 2 N–H and O–H groups in total. The van der Waals surface area contributed by atoms with Gasteiger partial charge in [-0.3, -0.25) is 14.1 Å². The first kappa shape index (κ1) is 15.6. The van der Waals surface area contributed by atoms with Crippen LogP contribution in [0, 0.1) is 6.92 Å². The van der Waals surface area contributed by atoms with Gasteiger partial charge in [0.2, 0.25) is 5.91 Å². The van der Waals surface area contributed by atoms with Crippen LogP contribution in [0.2, 0.25) is 5.02 Å². The third kappa shape index (κ3) is 4.30. The van der Waals surface area contributed by atoms with Crippen molar-refractivity contribution >= 4 is 39.1 Å². The highest BCUT2D eigenvalue weighted by atomic mass is 35.5. The number of aryl methyl sites for hydroxylation is 1. The van der Waals surface area contributed by atoms with E-state index in [0.29, 0.717) is 5.56 Å². The Morgan fingerprint density at radius 1 is 1.37 bits per heavy atom. The summed E-state index contributed by atoms with van der Waals surface area (Å²) in [6, 6.07) is 2.35. The summed E-state index contributed by atoms with van der Waals surface area (Å²) >= 11 is 5.72. The number of ketones is 1. The van der Waals surface area contributed by atoms with Gasteiger partial charge in [-0.2, -0.15) is 8.42 Å². The Kier molecular flexibility index (Phi) is 4.67. The van der Waals surface area contributed by atoms with Gasteiger partial charge in [0.25, 0.3) is 10.1 Å². The first-order chi connectivity index (χ1) is 8.61. The summed E-state index contributed by atoms with van der Waals surface area (Å²) in [5.74, 6) is -0.818. The van der Waals surface area contributed by atoms with Gasteiger partial charge < -0.3 is 5.32 Å². The second kappa shape index (κ2) is 5.68. The first-order valence-electron chi connectivity index (χ1n) is 5.18. The molecule has 0 saturated heterocycles. The molecule has 0 aromatic heterocycles. The molecule has 0 heterocycles. The number of nitrogens with one attached hydrogen (secondary N) is 1. The lowest BCUT2D eigenvalue weighted by molar-refractivity contribution is -0.124. The molecule has 0 aliphatic carbocycles. The van der Waals surface area contributed by atoms with Crippen LogP contribution in [-0.2, 0) is 19.7 Å². The zero-order valence-electron chi connectivity index (χ0n) is 10.2. The van der Waals surface area contributed by atoms with E-state index in [-0.39, 0.29) is 22.9 Å². The van der Waals surface area contributed by atoms with Crippen LogP contribution < -0.4 is 5.32 Å². The van der Waals surface area contributed by atoms with Crippen LogP contribution in [0.5, 0.6) is 0 Å². The van der Waals surface area contributed by atoms with Gasteiger partial charge in [-0.15, -0.1) is 0 Å². The van der Waals surface area contributed by atoms with Gasteiger partial charge in [0.1, 0.15) is 10.7 Å². The molecular formula is C11H12ClNO5S. The predicted octanol–water partition coefficient (Wildman–Crippen LogP) is 1.81. The van der Waals surface area contributed by atoms with E-state index in [9.17, 15) is 18.0 Å². The van der Waals surface area contributed by atoms with E-state index in [2.05, 4.69) is 5.32 Å². The molecule has 0 spiro atoms. The van der Waals surface area contributed by atoms with Gasteiger partial charge in [0.05, 0.1) is 11.4 Å². The molecule has 1 aromatic rings. The van der Waals surface area contributed by atoms with Gasteiger partial charge in [-0.25, -0.2) is 0 Å². The maximum Gasteiger partial charge on any atom is 0.296 e. The maximum absolute atomic E-state index is 11.4. The van der Waals surface area contributed by atoms with Gasteiger partial charge in [-0.1, -0.05) is 11.6 Å². The van der Waals surface area contributed by atoms with Crippen molar-refractivity contribution in [2.24, 2.45) is 0 Å². The van der Waals surface area contributed by atoms with Crippen LogP contribution in [0.15, 0.2) is 17.0 Å². The number of halogens is 1. The predicted molar refractivity (Wildman–Crippen MR) is 69.9 cm³/mol. The highest BCUT2D eigenvalue weighted by molar-refractivity contribution is 7.86. The summed E-state index contributed by atoms with van der Waals surface area (Å²) in [7, 11) is -4.42. The second-order valence-corrected chi connectivity index (χ2v) is 5.80. The Bertz CT molecular complexity index is 639. The van der Waals surface area contributed by atoms with Crippen molar-refractivity contribution in [3.63, 3.8) is 0 Å². The van der Waals surface area contributed by atoms with Gasteiger partial charge in [0, 0.05) is 5.69 Å². The zero-order chi connectivity index (χ0) is 14.8. The number of rotatable bonds is 4. The van der Waals surface area contributed by atoms with Crippen molar-refractivity contribution in [3.8, 4) is 0 Å². The van der Waals surface area contributed by atoms with E-state index in [1.54, 1.807) is 0 Å². The second-order valence-electron chi connectivity index (χ2n) is 4.00. The lowest BCUT2D eigenvalue weighted by Gasteiger charge is -2.10. The number of amides is 1. The van der Waals surface area contributed by atoms with E-state index in [4.69, 9.17) is 16.2 Å². The molecule has 1 rings (SSSR count). The number of benzene rings is 1. The smallest absolute Gasteiger partial charge is 0.296 e. The van der Waals surface area contributed by atoms with E-state index in [0.717, 1.165) is 6.07 Å². The molecule has 104 valence electrons. The molecule has 0 saturated carbocycles. The Morgan fingerprint density at radius 2 is 1.95 bits per heavy atom. The number of carbonyl (C=O) groups excluding carboxylic acids is 2. The topological polar surface area (TPSA) is 101 Å². The first-order valence-corrected chi connectivity index (χ1v) is 7.00. The summed E-state index contributed by atoms with van der Waals surface area (Å²) in [5.41, 5.74) is 0.678. The van der Waals surface area contributed by atoms with E-state index < -0.39 is 20.9 Å². The standard InChI is InChI=1S/C11H12ClNO5S/c1-6-3-10(19(16,17)18)8(12)5-9(6)13-11(15)4-7(2)14/h3,5H,4H2,1-2H3,(H,13,15)(H,16,17,18). The molecule has 0 radical (unpaired) electrons. The summed E-state index contributed by atoms with van der Waals surface area (Å²) in [6.07, 6.45) is -0.281. The molecule has 1 amide bonds. The molecule has 0 bridgehead atoms. The van der Waals surface area contributed by atoms with Crippen LogP contribution in [0.25, 0.3) is 0 Å². The molecule has 8 heteroatoms. The van der Waals surface area contributed by atoms with Gasteiger partial charge in [0.15, 0.2) is 0 Å². The average Bonchev–Trinajstić information content (AvgIpc) is 2.19. The third-order valence-corrected chi connectivity index (χ3v) is 3.56.